The van der Waals surface area contributed by atoms with Crippen molar-refractivity contribution in [3.8, 4) is 11.1 Å². The van der Waals surface area contributed by atoms with E-state index in [1.54, 1.807) is 19.1 Å². The van der Waals surface area contributed by atoms with Crippen LogP contribution in [0.1, 0.15) is 36.5 Å². The summed E-state index contributed by atoms with van der Waals surface area (Å²) in [6.45, 7) is 1.76. The van der Waals surface area contributed by atoms with Crippen molar-refractivity contribution in [3.63, 3.8) is 0 Å². The highest BCUT2D eigenvalue weighted by molar-refractivity contribution is 5.97. The van der Waals surface area contributed by atoms with Crippen LogP contribution in [-0.4, -0.2) is 23.6 Å². The van der Waals surface area contributed by atoms with E-state index in [-0.39, 0.29) is 24.5 Å². The average molecular weight is 338 g/mol. The Morgan fingerprint density at radius 2 is 1.56 bits per heavy atom. The molecule has 0 aliphatic heterocycles. The van der Waals surface area contributed by atoms with Crippen molar-refractivity contribution in [1.82, 2.24) is 5.32 Å². The Balaban J connectivity index is 2.03. The van der Waals surface area contributed by atoms with Crippen molar-refractivity contribution in [3.05, 3.63) is 60.2 Å². The number of carbonyl (C=O) groups excluding carboxylic acids is 3. The van der Waals surface area contributed by atoms with E-state index in [4.69, 9.17) is 5.73 Å². The van der Waals surface area contributed by atoms with Crippen LogP contribution in [0.2, 0.25) is 0 Å². The molecule has 2 aromatic rings. The van der Waals surface area contributed by atoms with Crippen molar-refractivity contribution in [2.45, 2.75) is 32.2 Å². The molecule has 0 aromatic heterocycles. The standard InChI is InChI=1S/C20H22N2O3/c1-2-17(23)12-13-18(19(21)24)22-20(25)16-10-8-15(9-11-16)14-6-4-3-5-7-14/h3-11,18H,2,12-13H2,1H3,(H2,21,24)(H,22,25)/t18-/m0/s1. The fraction of sp³-hybridized carbons (Fsp3) is 0.250. The van der Waals surface area contributed by atoms with Gasteiger partial charge in [0, 0.05) is 18.4 Å². The van der Waals surface area contributed by atoms with Crippen molar-refractivity contribution < 1.29 is 14.4 Å². The van der Waals surface area contributed by atoms with E-state index in [0.29, 0.717) is 12.0 Å². The lowest BCUT2D eigenvalue weighted by molar-refractivity contribution is -0.121. The van der Waals surface area contributed by atoms with E-state index in [1.807, 2.05) is 42.5 Å². The Bertz CT molecular complexity index is 739. The van der Waals surface area contributed by atoms with E-state index >= 15 is 0 Å². The first-order valence-electron chi connectivity index (χ1n) is 8.28. The molecule has 5 nitrogen and oxygen atoms in total. The molecule has 0 saturated heterocycles. The zero-order chi connectivity index (χ0) is 18.2. The Morgan fingerprint density at radius 1 is 0.960 bits per heavy atom. The maximum atomic E-state index is 12.3. The zero-order valence-corrected chi connectivity index (χ0v) is 14.2. The van der Waals surface area contributed by atoms with Crippen molar-refractivity contribution in [1.29, 1.82) is 0 Å². The number of nitrogens with one attached hydrogen (secondary N) is 1. The third-order valence-electron chi connectivity index (χ3n) is 4.01. The Hall–Kier alpha value is -2.95. The number of amides is 2. The van der Waals surface area contributed by atoms with Gasteiger partial charge in [-0.05, 0) is 29.7 Å². The van der Waals surface area contributed by atoms with E-state index < -0.39 is 11.9 Å². The predicted octanol–water partition coefficient (Wildman–Crippen LogP) is 2.70. The number of rotatable bonds is 8. The van der Waals surface area contributed by atoms with Gasteiger partial charge in [0.2, 0.25) is 5.91 Å². The lowest BCUT2D eigenvalue weighted by atomic mass is 10.0. The molecule has 130 valence electrons. The van der Waals surface area contributed by atoms with Gasteiger partial charge < -0.3 is 11.1 Å². The van der Waals surface area contributed by atoms with Crippen LogP contribution < -0.4 is 11.1 Å². The molecule has 25 heavy (non-hydrogen) atoms. The zero-order valence-electron chi connectivity index (χ0n) is 14.2. The molecule has 2 aromatic carbocycles. The molecular formula is C20H22N2O3. The van der Waals surface area contributed by atoms with Crippen LogP contribution in [0, 0.1) is 0 Å². The summed E-state index contributed by atoms with van der Waals surface area (Å²) in [7, 11) is 0. The molecule has 0 bridgehead atoms. The number of nitrogens with two attached hydrogens (primary N) is 1. The Kier molecular flexibility index (Phi) is 6.46. The average Bonchev–Trinajstić information content (AvgIpc) is 2.65. The Labute approximate surface area is 147 Å². The molecule has 0 aliphatic rings. The molecule has 2 rings (SSSR count). The third kappa shape index (κ3) is 5.28. The molecule has 0 aliphatic carbocycles. The summed E-state index contributed by atoms with van der Waals surface area (Å²) in [5.74, 6) is -0.988. The van der Waals surface area contributed by atoms with Gasteiger partial charge in [0.05, 0.1) is 0 Å². The first-order chi connectivity index (χ1) is 12.0. The van der Waals surface area contributed by atoms with Crippen LogP contribution in [0.3, 0.4) is 0 Å². The molecule has 0 unspecified atom stereocenters. The first-order valence-corrected chi connectivity index (χ1v) is 8.28. The second-order valence-electron chi connectivity index (χ2n) is 5.80. The smallest absolute Gasteiger partial charge is 0.251 e. The topological polar surface area (TPSA) is 89.3 Å². The summed E-state index contributed by atoms with van der Waals surface area (Å²) < 4.78 is 0. The second kappa shape index (κ2) is 8.78. The second-order valence-corrected chi connectivity index (χ2v) is 5.80. The first kappa shape index (κ1) is 18.4. The van der Waals surface area contributed by atoms with E-state index in [0.717, 1.165) is 11.1 Å². The molecule has 0 saturated carbocycles. The predicted molar refractivity (Wildman–Crippen MR) is 96.9 cm³/mol. The monoisotopic (exact) mass is 338 g/mol. The van der Waals surface area contributed by atoms with Crippen LogP contribution in [-0.2, 0) is 9.59 Å². The number of hydrogen-bond donors (Lipinski definition) is 2. The minimum atomic E-state index is -0.850. The maximum absolute atomic E-state index is 12.3. The molecule has 2 amide bonds. The van der Waals surface area contributed by atoms with Crippen molar-refractivity contribution in [2.75, 3.05) is 0 Å². The van der Waals surface area contributed by atoms with E-state index in [1.165, 1.54) is 0 Å². The van der Waals surface area contributed by atoms with Gasteiger partial charge in [-0.15, -0.1) is 0 Å². The van der Waals surface area contributed by atoms with Crippen LogP contribution >= 0.6 is 0 Å². The number of Topliss-reactive ketones (excluding diaryl/α,β-unsaturated/α-hetero) is 1. The van der Waals surface area contributed by atoms with Gasteiger partial charge >= 0.3 is 0 Å². The normalized spacial score (nSPS) is 11.6. The van der Waals surface area contributed by atoms with Gasteiger partial charge in [0.1, 0.15) is 11.8 Å². The lowest BCUT2D eigenvalue weighted by Crippen LogP contribution is -2.44. The molecule has 5 heteroatoms. The van der Waals surface area contributed by atoms with E-state index in [9.17, 15) is 14.4 Å². The molecule has 3 N–H and O–H groups in total. The summed E-state index contributed by atoms with van der Waals surface area (Å²) in [6, 6.07) is 16.1. The molecule has 0 fully saturated rings. The van der Waals surface area contributed by atoms with Crippen LogP contribution in [0.5, 0.6) is 0 Å². The van der Waals surface area contributed by atoms with Gasteiger partial charge in [-0.3, -0.25) is 14.4 Å². The molecule has 0 radical (unpaired) electrons. The fourth-order valence-electron chi connectivity index (χ4n) is 2.45. The number of hydrogen-bond acceptors (Lipinski definition) is 3. The van der Waals surface area contributed by atoms with Crippen LogP contribution in [0.15, 0.2) is 54.6 Å². The SMILES string of the molecule is CCC(=O)CC[C@H](NC(=O)c1ccc(-c2ccccc2)cc1)C(N)=O. The largest absolute Gasteiger partial charge is 0.368 e. The van der Waals surface area contributed by atoms with Crippen molar-refractivity contribution in [2.24, 2.45) is 5.73 Å². The quantitative estimate of drug-likeness (QED) is 0.775. The number of benzene rings is 2. The van der Waals surface area contributed by atoms with Gasteiger partial charge in [-0.25, -0.2) is 0 Å². The van der Waals surface area contributed by atoms with Crippen LogP contribution in [0.4, 0.5) is 0 Å². The molecular weight excluding hydrogens is 316 g/mol. The number of carbonyl (C=O) groups is 3. The van der Waals surface area contributed by atoms with Gasteiger partial charge in [-0.2, -0.15) is 0 Å². The summed E-state index contributed by atoms with van der Waals surface area (Å²) in [6.07, 6.45) is 0.841. The lowest BCUT2D eigenvalue weighted by Gasteiger charge is -2.15. The highest BCUT2D eigenvalue weighted by atomic mass is 16.2. The number of primary amides is 1. The number of ketones is 1. The minimum Gasteiger partial charge on any atom is -0.368 e. The summed E-state index contributed by atoms with van der Waals surface area (Å²) in [5, 5.41) is 2.61. The van der Waals surface area contributed by atoms with E-state index in [2.05, 4.69) is 5.32 Å². The van der Waals surface area contributed by atoms with Gasteiger partial charge in [-0.1, -0.05) is 49.4 Å². The van der Waals surface area contributed by atoms with Gasteiger partial charge in [0.25, 0.3) is 5.91 Å². The minimum absolute atomic E-state index is 0.0349. The Morgan fingerprint density at radius 3 is 2.12 bits per heavy atom. The maximum Gasteiger partial charge on any atom is 0.251 e. The van der Waals surface area contributed by atoms with Crippen LogP contribution in [0.25, 0.3) is 11.1 Å². The summed E-state index contributed by atoms with van der Waals surface area (Å²) in [4.78, 5) is 35.2. The highest BCUT2D eigenvalue weighted by Gasteiger charge is 2.19. The molecule has 1 atom stereocenters. The third-order valence-corrected chi connectivity index (χ3v) is 4.01. The molecule has 0 heterocycles. The summed E-state index contributed by atoms with van der Waals surface area (Å²) >= 11 is 0. The van der Waals surface area contributed by atoms with Crippen molar-refractivity contribution >= 4 is 17.6 Å². The molecule has 0 spiro atoms. The fourth-order valence-corrected chi connectivity index (χ4v) is 2.45. The highest BCUT2D eigenvalue weighted by Crippen LogP contribution is 2.19. The summed E-state index contributed by atoms with van der Waals surface area (Å²) in [5.41, 5.74) is 7.82. The van der Waals surface area contributed by atoms with Gasteiger partial charge in [0.15, 0.2) is 0 Å².